The van der Waals surface area contributed by atoms with Crippen molar-refractivity contribution in [3.05, 3.63) is 81.4 Å². The van der Waals surface area contributed by atoms with E-state index in [1.165, 1.54) is 0 Å². The van der Waals surface area contributed by atoms with Crippen molar-refractivity contribution in [2.45, 2.75) is 20.4 Å². The highest BCUT2D eigenvalue weighted by Gasteiger charge is 2.17. The van der Waals surface area contributed by atoms with E-state index in [4.69, 9.17) is 9.47 Å². The summed E-state index contributed by atoms with van der Waals surface area (Å²) in [6.07, 6.45) is 4.92. The minimum Gasteiger partial charge on any atom is -0.465 e. The number of aromatic amines is 1. The molecule has 0 fully saturated rings. The summed E-state index contributed by atoms with van der Waals surface area (Å²) in [5, 5.41) is 0. The topological polar surface area (TPSA) is 108 Å². The lowest BCUT2D eigenvalue weighted by molar-refractivity contribution is -0.143. The molecular formula is C22H20N4O5. The first-order chi connectivity index (χ1) is 15.0. The van der Waals surface area contributed by atoms with Gasteiger partial charge in [0.2, 0.25) is 0 Å². The first-order valence-corrected chi connectivity index (χ1v) is 9.65. The van der Waals surface area contributed by atoms with Crippen molar-refractivity contribution in [3.63, 3.8) is 0 Å². The van der Waals surface area contributed by atoms with Gasteiger partial charge in [0.1, 0.15) is 12.3 Å². The zero-order chi connectivity index (χ0) is 22.0. The number of carbonyl (C=O) groups excluding carboxylic acids is 1. The molecule has 31 heavy (non-hydrogen) atoms. The molecule has 158 valence electrons. The molecule has 0 unspecified atom stereocenters. The molecule has 0 spiro atoms. The third kappa shape index (κ3) is 4.11. The van der Waals surface area contributed by atoms with Crippen LogP contribution in [0.2, 0.25) is 0 Å². The molecule has 0 saturated heterocycles. The molecule has 9 heteroatoms. The average molecular weight is 420 g/mol. The number of hydrogen-bond donors (Lipinski definition) is 1. The Morgan fingerprint density at radius 1 is 1.16 bits per heavy atom. The van der Waals surface area contributed by atoms with Crippen molar-refractivity contribution in [1.82, 2.24) is 19.1 Å². The van der Waals surface area contributed by atoms with Crippen molar-refractivity contribution >= 4 is 17.0 Å². The van der Waals surface area contributed by atoms with Gasteiger partial charge >= 0.3 is 17.1 Å². The summed E-state index contributed by atoms with van der Waals surface area (Å²) in [6.45, 7) is 3.44. The van der Waals surface area contributed by atoms with E-state index in [1.54, 1.807) is 42.3 Å². The van der Waals surface area contributed by atoms with Gasteiger partial charge in [-0.1, -0.05) is 17.7 Å². The number of ether oxygens (including phenoxy) is 2. The number of nitrogens with zero attached hydrogens (tertiary/aromatic N) is 3. The van der Waals surface area contributed by atoms with E-state index in [-0.39, 0.29) is 13.2 Å². The summed E-state index contributed by atoms with van der Waals surface area (Å²) < 4.78 is 13.8. The second-order valence-electron chi connectivity index (χ2n) is 6.87. The second kappa shape index (κ2) is 8.31. The number of aromatic nitrogens is 4. The van der Waals surface area contributed by atoms with Gasteiger partial charge in [0.05, 0.1) is 29.7 Å². The Morgan fingerprint density at radius 2 is 1.94 bits per heavy atom. The van der Waals surface area contributed by atoms with Crippen molar-refractivity contribution in [3.8, 4) is 17.2 Å². The SMILES string of the molecule is CCOC(=O)Cn1c(=O)c(=O)[nH]c2cc(Oc3ccc(C)cc3)c(-n3ccnc3)cc21. The highest BCUT2D eigenvalue weighted by atomic mass is 16.5. The molecular weight excluding hydrogens is 400 g/mol. The Balaban J connectivity index is 1.92. The van der Waals surface area contributed by atoms with Gasteiger partial charge in [-0.3, -0.25) is 19.0 Å². The number of imidazole rings is 1. The van der Waals surface area contributed by atoms with Crippen LogP contribution in [0.4, 0.5) is 0 Å². The Kier molecular flexibility index (Phi) is 5.40. The number of fused-ring (bicyclic) bond motifs is 1. The quantitative estimate of drug-likeness (QED) is 0.379. The average Bonchev–Trinajstić information content (AvgIpc) is 3.28. The summed E-state index contributed by atoms with van der Waals surface area (Å²) in [5.74, 6) is 0.431. The maximum absolute atomic E-state index is 12.5. The van der Waals surface area contributed by atoms with Crippen molar-refractivity contribution in [1.29, 1.82) is 0 Å². The smallest absolute Gasteiger partial charge is 0.326 e. The van der Waals surface area contributed by atoms with Crippen molar-refractivity contribution in [2.75, 3.05) is 6.61 Å². The molecule has 0 aliphatic carbocycles. The van der Waals surface area contributed by atoms with Gasteiger partial charge in [0, 0.05) is 18.5 Å². The highest BCUT2D eigenvalue weighted by Crippen LogP contribution is 2.31. The third-order valence-electron chi connectivity index (χ3n) is 4.68. The number of aryl methyl sites for hydroxylation is 1. The predicted octanol–water partition coefficient (Wildman–Crippen LogP) is 2.54. The maximum atomic E-state index is 12.5. The van der Waals surface area contributed by atoms with E-state index in [0.29, 0.717) is 28.2 Å². The summed E-state index contributed by atoms with van der Waals surface area (Å²) in [5.41, 5.74) is 0.693. The van der Waals surface area contributed by atoms with Gasteiger partial charge in [0.15, 0.2) is 5.75 Å². The number of hydrogen-bond acceptors (Lipinski definition) is 6. The fraction of sp³-hybridized carbons (Fsp3) is 0.182. The third-order valence-corrected chi connectivity index (χ3v) is 4.68. The van der Waals surface area contributed by atoms with Crippen LogP contribution in [0.25, 0.3) is 16.7 Å². The molecule has 0 aliphatic rings. The van der Waals surface area contributed by atoms with Crippen LogP contribution in [0.3, 0.4) is 0 Å². The number of H-pyrrole nitrogens is 1. The molecule has 0 aliphatic heterocycles. The Bertz CT molecular complexity index is 1350. The summed E-state index contributed by atoms with van der Waals surface area (Å²) in [7, 11) is 0. The van der Waals surface area contributed by atoms with Crippen LogP contribution in [0, 0.1) is 6.92 Å². The van der Waals surface area contributed by atoms with Crippen LogP contribution in [0.15, 0.2) is 64.7 Å². The van der Waals surface area contributed by atoms with E-state index in [0.717, 1.165) is 10.1 Å². The van der Waals surface area contributed by atoms with Crippen LogP contribution in [-0.4, -0.2) is 31.7 Å². The molecule has 4 aromatic rings. The number of esters is 1. The minimum absolute atomic E-state index is 0.170. The fourth-order valence-electron chi connectivity index (χ4n) is 3.20. The molecule has 2 heterocycles. The molecule has 1 N–H and O–H groups in total. The second-order valence-corrected chi connectivity index (χ2v) is 6.87. The fourth-order valence-corrected chi connectivity index (χ4v) is 3.20. The molecule has 2 aromatic carbocycles. The number of rotatable bonds is 6. The maximum Gasteiger partial charge on any atom is 0.326 e. The zero-order valence-corrected chi connectivity index (χ0v) is 17.0. The Labute approximate surface area is 176 Å². The summed E-state index contributed by atoms with van der Waals surface area (Å²) in [4.78, 5) is 43.4. The molecule has 0 atom stereocenters. The lowest BCUT2D eigenvalue weighted by Gasteiger charge is -2.15. The minimum atomic E-state index is -0.843. The van der Waals surface area contributed by atoms with Crippen LogP contribution in [0.1, 0.15) is 12.5 Å². The van der Waals surface area contributed by atoms with E-state index in [2.05, 4.69) is 9.97 Å². The molecule has 0 bridgehead atoms. The van der Waals surface area contributed by atoms with Crippen LogP contribution in [0.5, 0.6) is 11.5 Å². The lowest BCUT2D eigenvalue weighted by Crippen LogP contribution is -2.38. The molecule has 0 saturated carbocycles. The van der Waals surface area contributed by atoms with Crippen LogP contribution >= 0.6 is 0 Å². The van der Waals surface area contributed by atoms with E-state index >= 15 is 0 Å². The molecule has 0 radical (unpaired) electrons. The first-order valence-electron chi connectivity index (χ1n) is 9.65. The molecule has 2 aromatic heterocycles. The van der Waals surface area contributed by atoms with Gasteiger partial charge in [-0.25, -0.2) is 4.98 Å². The largest absolute Gasteiger partial charge is 0.465 e. The number of carbonyl (C=O) groups is 1. The Hall–Kier alpha value is -4.14. The molecule has 0 amide bonds. The van der Waals surface area contributed by atoms with Gasteiger partial charge < -0.3 is 19.0 Å². The monoisotopic (exact) mass is 420 g/mol. The molecule has 4 rings (SSSR count). The van der Waals surface area contributed by atoms with Gasteiger partial charge in [0.25, 0.3) is 0 Å². The summed E-state index contributed by atoms with van der Waals surface area (Å²) in [6, 6.07) is 10.8. The normalized spacial score (nSPS) is 10.9. The molecule has 9 nitrogen and oxygen atoms in total. The van der Waals surface area contributed by atoms with Crippen LogP contribution in [-0.2, 0) is 16.1 Å². The summed E-state index contributed by atoms with van der Waals surface area (Å²) >= 11 is 0. The van der Waals surface area contributed by atoms with Crippen molar-refractivity contribution in [2.24, 2.45) is 0 Å². The lowest BCUT2D eigenvalue weighted by atomic mass is 10.2. The van der Waals surface area contributed by atoms with Gasteiger partial charge in [-0.05, 0) is 32.0 Å². The number of nitrogens with one attached hydrogen (secondary N) is 1. The van der Waals surface area contributed by atoms with Gasteiger partial charge in [-0.15, -0.1) is 0 Å². The van der Waals surface area contributed by atoms with E-state index < -0.39 is 17.1 Å². The van der Waals surface area contributed by atoms with Crippen LogP contribution < -0.4 is 15.9 Å². The zero-order valence-electron chi connectivity index (χ0n) is 17.0. The predicted molar refractivity (Wildman–Crippen MR) is 114 cm³/mol. The highest BCUT2D eigenvalue weighted by molar-refractivity contribution is 5.82. The Morgan fingerprint density at radius 3 is 2.61 bits per heavy atom. The first kappa shape index (κ1) is 20.1. The van der Waals surface area contributed by atoms with Gasteiger partial charge in [-0.2, -0.15) is 0 Å². The van der Waals surface area contributed by atoms with E-state index in [9.17, 15) is 14.4 Å². The van der Waals surface area contributed by atoms with E-state index in [1.807, 2.05) is 31.2 Å². The van der Waals surface area contributed by atoms with Crippen molar-refractivity contribution < 1.29 is 14.3 Å². The standard InChI is InChI=1S/C22H20N4O5/c1-3-30-20(27)12-26-17-11-18(25-9-8-23-13-25)19(10-16(17)24-21(28)22(26)29)31-15-6-4-14(2)5-7-15/h4-11,13H,3,12H2,1-2H3,(H,24,28). The number of benzene rings is 2.